The highest BCUT2D eigenvalue weighted by molar-refractivity contribution is 7.87. The fraction of sp³-hybridized carbons (Fsp3) is 0.0345. The van der Waals surface area contributed by atoms with Crippen molar-refractivity contribution in [3.8, 4) is 11.1 Å². The molecule has 2 nitrogen and oxygen atoms in total. The van der Waals surface area contributed by atoms with E-state index < -0.39 is 7.14 Å². The van der Waals surface area contributed by atoms with Crippen molar-refractivity contribution in [1.29, 1.82) is 0 Å². The van der Waals surface area contributed by atoms with Crippen LogP contribution < -0.4 is 15.9 Å². The van der Waals surface area contributed by atoms with Crippen LogP contribution >= 0.6 is 7.14 Å². The van der Waals surface area contributed by atoms with E-state index in [4.69, 9.17) is 0 Å². The highest BCUT2D eigenvalue weighted by Gasteiger charge is 2.43. The van der Waals surface area contributed by atoms with Gasteiger partial charge in [0.05, 0.1) is 5.52 Å². The van der Waals surface area contributed by atoms with E-state index in [2.05, 4.69) is 78.3 Å². The van der Waals surface area contributed by atoms with Gasteiger partial charge in [0.15, 0.2) is 7.14 Å². The molecular weight excluding hydrogens is 409 g/mol. The van der Waals surface area contributed by atoms with Crippen LogP contribution in [-0.2, 0) is 11.6 Å². The van der Waals surface area contributed by atoms with Gasteiger partial charge >= 0.3 is 0 Å². The van der Waals surface area contributed by atoms with E-state index >= 15 is 4.57 Å². The number of nitrogens with zero attached hydrogens (tertiary/aromatic N) is 1. The molecule has 0 bridgehead atoms. The van der Waals surface area contributed by atoms with Crippen LogP contribution in [0.4, 0.5) is 0 Å². The lowest BCUT2D eigenvalue weighted by molar-refractivity contribution is 0.593. The first-order valence-corrected chi connectivity index (χ1v) is 12.6. The van der Waals surface area contributed by atoms with Gasteiger partial charge < -0.3 is 9.13 Å². The van der Waals surface area contributed by atoms with Gasteiger partial charge in [-0.15, -0.1) is 0 Å². The number of fused-ring (bicyclic) bond motifs is 10. The van der Waals surface area contributed by atoms with Crippen molar-refractivity contribution in [2.45, 2.75) is 0 Å². The van der Waals surface area contributed by atoms with Gasteiger partial charge in [0.25, 0.3) is 0 Å². The predicted molar refractivity (Wildman–Crippen MR) is 136 cm³/mol. The Morgan fingerprint density at radius 2 is 1.28 bits per heavy atom. The monoisotopic (exact) mass is 429 g/mol. The molecule has 7 rings (SSSR count). The topological polar surface area (TPSA) is 22.0 Å². The maximum absolute atomic E-state index is 15.2. The summed E-state index contributed by atoms with van der Waals surface area (Å²) in [5.41, 5.74) is 4.58. The van der Waals surface area contributed by atoms with E-state index in [1.807, 2.05) is 36.4 Å². The lowest BCUT2D eigenvalue weighted by Crippen LogP contribution is -2.21. The van der Waals surface area contributed by atoms with Crippen molar-refractivity contribution in [2.24, 2.45) is 7.05 Å². The molecule has 5 aromatic carbocycles. The van der Waals surface area contributed by atoms with Crippen LogP contribution in [0.3, 0.4) is 0 Å². The summed E-state index contributed by atoms with van der Waals surface area (Å²) in [7, 11) is -0.896. The van der Waals surface area contributed by atoms with Gasteiger partial charge in [0, 0.05) is 44.8 Å². The van der Waals surface area contributed by atoms with Gasteiger partial charge in [-0.25, -0.2) is 0 Å². The highest BCUT2D eigenvalue weighted by atomic mass is 31.2. The van der Waals surface area contributed by atoms with Crippen LogP contribution in [0.5, 0.6) is 0 Å². The number of aryl methyl sites for hydroxylation is 1. The maximum atomic E-state index is 15.2. The Balaban J connectivity index is 1.83. The molecule has 0 spiro atoms. The van der Waals surface area contributed by atoms with E-state index in [9.17, 15) is 0 Å². The molecule has 1 atom stereocenters. The Hall–Kier alpha value is -3.61. The molecule has 0 radical (unpaired) electrons. The smallest absolute Gasteiger partial charge is 0.172 e. The highest BCUT2D eigenvalue weighted by Crippen LogP contribution is 2.56. The molecule has 3 heteroatoms. The number of rotatable bonds is 1. The van der Waals surface area contributed by atoms with Crippen LogP contribution in [0.2, 0.25) is 0 Å². The molecule has 0 amide bonds. The van der Waals surface area contributed by atoms with E-state index in [1.54, 1.807) is 0 Å². The molecular formula is C29H20NOP. The summed E-state index contributed by atoms with van der Waals surface area (Å²) in [5.74, 6) is 0. The Kier molecular flexibility index (Phi) is 3.50. The Morgan fingerprint density at radius 1 is 0.656 bits per heavy atom. The molecule has 0 N–H and O–H groups in total. The zero-order chi connectivity index (χ0) is 21.4. The second kappa shape index (κ2) is 6.22. The number of benzene rings is 5. The van der Waals surface area contributed by atoms with Gasteiger partial charge in [-0.2, -0.15) is 0 Å². The Morgan fingerprint density at radius 3 is 2.09 bits per heavy atom. The van der Waals surface area contributed by atoms with Gasteiger partial charge in [-0.1, -0.05) is 97.1 Å². The van der Waals surface area contributed by atoms with Crippen LogP contribution in [0.1, 0.15) is 0 Å². The van der Waals surface area contributed by atoms with Gasteiger partial charge in [-0.05, 0) is 22.4 Å². The number of hydrogen-bond donors (Lipinski definition) is 0. The van der Waals surface area contributed by atoms with Crippen LogP contribution in [-0.4, -0.2) is 4.57 Å². The largest absolute Gasteiger partial charge is 0.343 e. The van der Waals surface area contributed by atoms with E-state index in [-0.39, 0.29) is 0 Å². The van der Waals surface area contributed by atoms with Crippen LogP contribution in [0, 0.1) is 0 Å². The van der Waals surface area contributed by atoms with E-state index in [0.717, 1.165) is 32.4 Å². The van der Waals surface area contributed by atoms with Crippen molar-refractivity contribution < 1.29 is 4.57 Å². The summed E-state index contributed by atoms with van der Waals surface area (Å²) < 4.78 is 17.5. The molecule has 32 heavy (non-hydrogen) atoms. The summed E-state index contributed by atoms with van der Waals surface area (Å²) in [6.45, 7) is 0. The normalized spacial score (nSPS) is 17.2. The Labute approximate surface area is 186 Å². The first kappa shape index (κ1) is 18.0. The van der Waals surface area contributed by atoms with Gasteiger partial charge in [0.1, 0.15) is 0 Å². The second-order valence-corrected chi connectivity index (χ2v) is 11.2. The first-order valence-electron chi connectivity index (χ1n) is 10.9. The van der Waals surface area contributed by atoms with Crippen molar-refractivity contribution in [3.63, 3.8) is 0 Å². The minimum absolute atomic E-state index is 0.898. The molecule has 0 saturated heterocycles. The quantitative estimate of drug-likeness (QED) is 0.289. The lowest BCUT2D eigenvalue weighted by Gasteiger charge is -2.18. The standard InChI is InChI=1S/C29H20NOP/c1-30-24-17-9-7-15-22(24)26-20-13-5-6-14-21(20)29-27(28(26)30)23-16-8-10-18-25(23)32(29,31)19-11-3-2-4-12-19/h2-18H,1H3. The SMILES string of the molecule is Cn1c2ccccc2c2c3ccccc3c3c(c21)-c1ccccc1P3(=O)c1ccccc1. The third kappa shape index (κ3) is 2.04. The van der Waals surface area contributed by atoms with Crippen molar-refractivity contribution in [3.05, 3.63) is 103 Å². The molecule has 1 aromatic heterocycles. The predicted octanol–water partition coefficient (Wildman–Crippen LogP) is 6.10. The van der Waals surface area contributed by atoms with Crippen molar-refractivity contribution in [2.75, 3.05) is 0 Å². The molecule has 0 fully saturated rings. The summed E-state index contributed by atoms with van der Waals surface area (Å²) in [4.78, 5) is 0. The zero-order valence-corrected chi connectivity index (χ0v) is 18.5. The zero-order valence-electron chi connectivity index (χ0n) is 17.6. The second-order valence-electron chi connectivity index (χ2n) is 8.53. The van der Waals surface area contributed by atoms with E-state index in [1.165, 1.54) is 27.2 Å². The molecule has 1 aliphatic heterocycles. The van der Waals surface area contributed by atoms with Gasteiger partial charge in [0.2, 0.25) is 0 Å². The summed E-state index contributed by atoms with van der Waals surface area (Å²) in [6, 6.07) is 35.4. The molecule has 152 valence electrons. The Bertz CT molecular complexity index is 1760. The number of hydrogen-bond acceptors (Lipinski definition) is 1. The summed E-state index contributed by atoms with van der Waals surface area (Å²) in [6.07, 6.45) is 0. The third-order valence-electron chi connectivity index (χ3n) is 6.98. The van der Waals surface area contributed by atoms with Crippen LogP contribution in [0.25, 0.3) is 43.7 Å². The average molecular weight is 429 g/mol. The van der Waals surface area contributed by atoms with E-state index in [0.29, 0.717) is 0 Å². The molecule has 2 heterocycles. The first-order chi connectivity index (χ1) is 15.7. The number of aromatic nitrogens is 1. The van der Waals surface area contributed by atoms with Crippen molar-refractivity contribution in [1.82, 2.24) is 4.57 Å². The average Bonchev–Trinajstić information content (AvgIpc) is 3.31. The number of para-hydroxylation sites is 1. The molecule has 0 aliphatic carbocycles. The molecule has 6 aromatic rings. The maximum Gasteiger partial charge on any atom is 0.172 e. The minimum atomic E-state index is -3.03. The molecule has 1 unspecified atom stereocenters. The fourth-order valence-corrected chi connectivity index (χ4v) is 8.95. The molecule has 0 saturated carbocycles. The summed E-state index contributed by atoms with van der Waals surface area (Å²) in [5, 5.41) is 7.57. The molecule has 1 aliphatic rings. The van der Waals surface area contributed by atoms with Gasteiger partial charge in [-0.3, -0.25) is 0 Å². The minimum Gasteiger partial charge on any atom is -0.343 e. The summed E-state index contributed by atoms with van der Waals surface area (Å²) >= 11 is 0. The third-order valence-corrected chi connectivity index (χ3v) is 10.2. The lowest BCUT2D eigenvalue weighted by atomic mass is 9.96. The van der Waals surface area contributed by atoms with Crippen molar-refractivity contribution >= 4 is 55.6 Å². The van der Waals surface area contributed by atoms with Crippen LogP contribution in [0.15, 0.2) is 103 Å². The fourth-order valence-electron chi connectivity index (χ4n) is 5.68.